The Labute approximate surface area is 79.7 Å². The molecule has 2 rings (SSSR count). The zero-order valence-corrected chi connectivity index (χ0v) is 8.20. The number of hydrogen-bond donors (Lipinski definition) is 1. The third kappa shape index (κ3) is 4.70. The largest absolute Gasteiger partial charge is 0.379 e. The number of nitrogens with zero attached hydrogens (tertiary/aromatic N) is 1. The van der Waals surface area contributed by atoms with Crippen molar-refractivity contribution in [2.75, 3.05) is 26.3 Å². The molecule has 1 N–H and O–H groups in total. The second-order valence-electron chi connectivity index (χ2n) is 2.88. The van der Waals surface area contributed by atoms with Gasteiger partial charge in [-0.15, -0.1) is 0 Å². The van der Waals surface area contributed by atoms with E-state index in [9.17, 15) is 0 Å². The summed E-state index contributed by atoms with van der Waals surface area (Å²) in [4.78, 5) is 0. The monoisotopic (exact) mass is 182 g/mol. The van der Waals surface area contributed by atoms with Gasteiger partial charge in [0.05, 0.1) is 13.2 Å². The summed E-state index contributed by atoms with van der Waals surface area (Å²) in [7, 11) is 0. The van der Waals surface area contributed by atoms with Gasteiger partial charge < -0.3 is 14.6 Å². The zero-order valence-electron chi connectivity index (χ0n) is 8.20. The summed E-state index contributed by atoms with van der Waals surface area (Å²) in [5, 5.41) is 3.16. The van der Waals surface area contributed by atoms with E-state index in [1.807, 2.05) is 12.1 Å². The third-order valence-electron chi connectivity index (χ3n) is 1.88. The first-order valence-corrected chi connectivity index (χ1v) is 4.82. The van der Waals surface area contributed by atoms with E-state index in [2.05, 4.69) is 29.2 Å². The zero-order chi connectivity index (χ0) is 9.36. The van der Waals surface area contributed by atoms with Crippen molar-refractivity contribution in [3.05, 3.63) is 24.5 Å². The van der Waals surface area contributed by atoms with Crippen molar-refractivity contribution in [1.82, 2.24) is 9.88 Å². The molecule has 74 valence electrons. The van der Waals surface area contributed by atoms with Crippen LogP contribution in [0.25, 0.3) is 0 Å². The maximum Gasteiger partial charge on any atom is 0.0591 e. The number of aromatic nitrogens is 1. The fourth-order valence-electron chi connectivity index (χ4n) is 1.10. The first-order chi connectivity index (χ1) is 6.43. The Morgan fingerprint density at radius 3 is 2.08 bits per heavy atom. The molecule has 3 heteroatoms. The minimum Gasteiger partial charge on any atom is -0.379 e. The first kappa shape index (κ1) is 10.3. The molecular formula is C10H18N2O. The lowest BCUT2D eigenvalue weighted by Gasteiger charge is -2.10. The number of hydrogen-bond acceptors (Lipinski definition) is 2. The molecule has 0 radical (unpaired) electrons. The van der Waals surface area contributed by atoms with Crippen molar-refractivity contribution in [2.24, 2.45) is 0 Å². The van der Waals surface area contributed by atoms with Crippen LogP contribution in [0.2, 0.25) is 0 Å². The van der Waals surface area contributed by atoms with E-state index in [1.165, 1.54) is 0 Å². The van der Waals surface area contributed by atoms with Crippen LogP contribution in [0.5, 0.6) is 0 Å². The Morgan fingerprint density at radius 2 is 1.85 bits per heavy atom. The van der Waals surface area contributed by atoms with Crippen molar-refractivity contribution in [1.29, 1.82) is 0 Å². The average molecular weight is 182 g/mol. The molecule has 1 saturated heterocycles. The van der Waals surface area contributed by atoms with Crippen LogP contribution in [0.3, 0.4) is 0 Å². The van der Waals surface area contributed by atoms with Crippen molar-refractivity contribution in [3.63, 3.8) is 0 Å². The standard InChI is InChI=1S/C6H9N.C4H9NO/c1-2-7-5-3-4-6-7;1-3-6-4-2-5-1/h3-6H,2H2,1H3;5H,1-4H2. The van der Waals surface area contributed by atoms with Gasteiger partial charge in [0, 0.05) is 32.0 Å². The normalized spacial score (nSPS) is 16.1. The minimum absolute atomic E-state index is 0.889. The van der Waals surface area contributed by atoms with E-state index in [-0.39, 0.29) is 0 Å². The molecule has 0 bridgehead atoms. The predicted octanol–water partition coefficient (Wildman–Crippen LogP) is 1.11. The Morgan fingerprint density at radius 1 is 1.23 bits per heavy atom. The van der Waals surface area contributed by atoms with Gasteiger partial charge in [0.2, 0.25) is 0 Å². The quantitative estimate of drug-likeness (QED) is 0.704. The van der Waals surface area contributed by atoms with Crippen LogP contribution < -0.4 is 5.32 Å². The molecule has 1 fully saturated rings. The fourth-order valence-corrected chi connectivity index (χ4v) is 1.10. The van der Waals surface area contributed by atoms with Crippen LogP contribution in [0.4, 0.5) is 0 Å². The number of aryl methyl sites for hydroxylation is 1. The lowest BCUT2D eigenvalue weighted by molar-refractivity contribution is 0.109. The molecule has 2 heterocycles. The molecule has 3 nitrogen and oxygen atoms in total. The highest BCUT2D eigenvalue weighted by atomic mass is 16.5. The Kier molecular flexibility index (Phi) is 5.29. The molecular weight excluding hydrogens is 164 g/mol. The topological polar surface area (TPSA) is 26.2 Å². The molecule has 0 saturated carbocycles. The van der Waals surface area contributed by atoms with Gasteiger partial charge in [-0.05, 0) is 19.1 Å². The lowest BCUT2D eigenvalue weighted by atomic mass is 10.5. The SMILES string of the molecule is C1COCCN1.CCn1cccc1. The van der Waals surface area contributed by atoms with E-state index in [0.29, 0.717) is 0 Å². The lowest BCUT2D eigenvalue weighted by Crippen LogP contribution is -2.30. The van der Waals surface area contributed by atoms with Crippen LogP contribution in [-0.2, 0) is 11.3 Å². The third-order valence-corrected chi connectivity index (χ3v) is 1.88. The van der Waals surface area contributed by atoms with E-state index in [0.717, 1.165) is 32.8 Å². The summed E-state index contributed by atoms with van der Waals surface area (Å²) >= 11 is 0. The van der Waals surface area contributed by atoms with E-state index < -0.39 is 0 Å². The molecule has 0 unspecified atom stereocenters. The molecule has 1 aromatic rings. The predicted molar refractivity (Wildman–Crippen MR) is 53.8 cm³/mol. The Balaban J connectivity index is 0.000000132. The van der Waals surface area contributed by atoms with Gasteiger partial charge in [-0.2, -0.15) is 0 Å². The van der Waals surface area contributed by atoms with Gasteiger partial charge in [-0.25, -0.2) is 0 Å². The number of ether oxygens (including phenoxy) is 1. The van der Waals surface area contributed by atoms with Crippen molar-refractivity contribution in [2.45, 2.75) is 13.5 Å². The van der Waals surface area contributed by atoms with Gasteiger partial charge in [0.15, 0.2) is 0 Å². The van der Waals surface area contributed by atoms with Crippen molar-refractivity contribution < 1.29 is 4.74 Å². The van der Waals surface area contributed by atoms with Crippen LogP contribution >= 0.6 is 0 Å². The van der Waals surface area contributed by atoms with Crippen LogP contribution in [0.1, 0.15) is 6.92 Å². The van der Waals surface area contributed by atoms with Crippen LogP contribution in [0, 0.1) is 0 Å². The van der Waals surface area contributed by atoms with Gasteiger partial charge in [-0.3, -0.25) is 0 Å². The molecule has 1 aliphatic heterocycles. The highest BCUT2D eigenvalue weighted by Gasteiger charge is 1.92. The van der Waals surface area contributed by atoms with Gasteiger partial charge in [0.25, 0.3) is 0 Å². The molecule has 1 aliphatic rings. The summed E-state index contributed by atoms with van der Waals surface area (Å²) in [6.45, 7) is 7.03. The smallest absolute Gasteiger partial charge is 0.0591 e. The highest BCUT2D eigenvalue weighted by molar-refractivity contribution is 4.89. The molecule has 0 spiro atoms. The molecule has 0 amide bonds. The van der Waals surface area contributed by atoms with Gasteiger partial charge in [-0.1, -0.05) is 0 Å². The Bertz CT molecular complexity index is 181. The van der Waals surface area contributed by atoms with E-state index in [4.69, 9.17) is 4.74 Å². The molecule has 0 aliphatic carbocycles. The van der Waals surface area contributed by atoms with E-state index >= 15 is 0 Å². The molecule has 1 aromatic heterocycles. The summed E-state index contributed by atoms with van der Waals surface area (Å²) in [5.74, 6) is 0. The van der Waals surface area contributed by atoms with Crippen molar-refractivity contribution in [3.8, 4) is 0 Å². The highest BCUT2D eigenvalue weighted by Crippen LogP contribution is 1.86. The Hall–Kier alpha value is -0.800. The molecule has 13 heavy (non-hydrogen) atoms. The average Bonchev–Trinajstić information content (AvgIpc) is 2.74. The first-order valence-electron chi connectivity index (χ1n) is 4.82. The summed E-state index contributed by atoms with van der Waals surface area (Å²) in [5.41, 5.74) is 0. The second kappa shape index (κ2) is 6.69. The molecule has 0 atom stereocenters. The van der Waals surface area contributed by atoms with E-state index in [1.54, 1.807) is 0 Å². The maximum absolute atomic E-state index is 5.01. The fraction of sp³-hybridized carbons (Fsp3) is 0.600. The summed E-state index contributed by atoms with van der Waals surface area (Å²) in [6, 6.07) is 4.06. The number of morpholine rings is 1. The number of rotatable bonds is 1. The number of nitrogens with one attached hydrogen (secondary N) is 1. The minimum atomic E-state index is 0.889. The summed E-state index contributed by atoms with van der Waals surface area (Å²) in [6.07, 6.45) is 4.11. The van der Waals surface area contributed by atoms with Crippen molar-refractivity contribution >= 4 is 0 Å². The van der Waals surface area contributed by atoms with Crippen LogP contribution in [-0.4, -0.2) is 30.9 Å². The van der Waals surface area contributed by atoms with Gasteiger partial charge >= 0.3 is 0 Å². The second-order valence-corrected chi connectivity index (χ2v) is 2.88. The van der Waals surface area contributed by atoms with Crippen LogP contribution in [0.15, 0.2) is 24.5 Å². The maximum atomic E-state index is 5.01. The summed E-state index contributed by atoms with van der Waals surface area (Å²) < 4.78 is 7.13. The molecule has 0 aromatic carbocycles. The van der Waals surface area contributed by atoms with Gasteiger partial charge in [0.1, 0.15) is 0 Å².